The van der Waals surface area contributed by atoms with Crippen LogP contribution in [0, 0.1) is 0 Å². The molecule has 0 aliphatic rings. The summed E-state index contributed by atoms with van der Waals surface area (Å²) in [5, 5.41) is 11.9. The lowest BCUT2D eigenvalue weighted by Crippen LogP contribution is -2.04. The molecule has 0 aliphatic carbocycles. The number of hydrogen-bond acceptors (Lipinski definition) is 5. The van der Waals surface area contributed by atoms with Gasteiger partial charge in [-0.3, -0.25) is 0 Å². The third kappa shape index (κ3) is 2.84. The van der Waals surface area contributed by atoms with E-state index in [2.05, 4.69) is 15.5 Å². The molecule has 0 spiro atoms. The summed E-state index contributed by atoms with van der Waals surface area (Å²) in [7, 11) is 1.65. The molecule has 1 heterocycles. The molecule has 1 aromatic heterocycles. The molecule has 0 unspecified atom stereocenters. The minimum absolute atomic E-state index is 0.573. The Hall–Kier alpha value is -2.89. The Balaban J connectivity index is 1.90. The molecule has 0 aliphatic heterocycles. The minimum Gasteiger partial charge on any atom is -0.497 e. The van der Waals surface area contributed by atoms with Crippen molar-refractivity contribution in [1.82, 2.24) is 20.2 Å². The second kappa shape index (κ2) is 5.62. The van der Waals surface area contributed by atoms with Crippen molar-refractivity contribution in [1.29, 1.82) is 0 Å². The summed E-state index contributed by atoms with van der Waals surface area (Å²) in [5.74, 6) is 1.52. The number of nitrogens with zero attached hydrogens (tertiary/aromatic N) is 4. The topological polar surface area (TPSA) is 78.8 Å². The van der Waals surface area contributed by atoms with E-state index in [1.807, 2.05) is 48.5 Å². The summed E-state index contributed by atoms with van der Waals surface area (Å²) >= 11 is 0. The molecular formula is C15H15N5O. The average Bonchev–Trinajstić information content (AvgIpc) is 2.96. The van der Waals surface area contributed by atoms with Gasteiger partial charge in [0.1, 0.15) is 5.75 Å². The number of nitrogens with two attached hydrogens (primary N) is 1. The minimum atomic E-state index is 0.573. The zero-order chi connectivity index (χ0) is 14.7. The van der Waals surface area contributed by atoms with Gasteiger partial charge in [0.15, 0.2) is 5.82 Å². The Morgan fingerprint density at radius 2 is 1.95 bits per heavy atom. The fourth-order valence-corrected chi connectivity index (χ4v) is 2.09. The number of tetrazole rings is 1. The van der Waals surface area contributed by atoms with Crippen LogP contribution in [0.2, 0.25) is 0 Å². The van der Waals surface area contributed by atoms with Crippen molar-refractivity contribution in [2.45, 2.75) is 6.54 Å². The van der Waals surface area contributed by atoms with E-state index in [-0.39, 0.29) is 0 Å². The molecule has 3 aromatic rings. The van der Waals surface area contributed by atoms with Crippen LogP contribution >= 0.6 is 0 Å². The van der Waals surface area contributed by atoms with Gasteiger partial charge < -0.3 is 10.5 Å². The number of methoxy groups -OCH3 is 1. The SMILES string of the molecule is COc1cccc(Cn2nnnc2-c2ccc(N)cc2)c1. The van der Waals surface area contributed by atoms with Crippen molar-refractivity contribution < 1.29 is 4.74 Å². The predicted octanol–water partition coefficient (Wildman–Crippen LogP) is 1.98. The van der Waals surface area contributed by atoms with Crippen LogP contribution in [0.25, 0.3) is 11.4 Å². The van der Waals surface area contributed by atoms with Crippen LogP contribution < -0.4 is 10.5 Å². The van der Waals surface area contributed by atoms with Gasteiger partial charge >= 0.3 is 0 Å². The van der Waals surface area contributed by atoms with E-state index in [1.54, 1.807) is 11.8 Å². The molecule has 106 valence electrons. The van der Waals surface area contributed by atoms with E-state index in [0.29, 0.717) is 18.1 Å². The number of hydrogen-bond donors (Lipinski definition) is 1. The van der Waals surface area contributed by atoms with Crippen LogP contribution in [0.1, 0.15) is 5.56 Å². The highest BCUT2D eigenvalue weighted by molar-refractivity contribution is 5.58. The van der Waals surface area contributed by atoms with E-state index >= 15 is 0 Å². The van der Waals surface area contributed by atoms with E-state index in [0.717, 1.165) is 16.9 Å². The number of ether oxygens (including phenoxy) is 1. The highest BCUT2D eigenvalue weighted by Crippen LogP contribution is 2.19. The van der Waals surface area contributed by atoms with Crippen molar-refractivity contribution in [3.05, 3.63) is 54.1 Å². The zero-order valence-electron chi connectivity index (χ0n) is 11.6. The monoisotopic (exact) mass is 281 g/mol. The summed E-state index contributed by atoms with van der Waals surface area (Å²) < 4.78 is 6.98. The van der Waals surface area contributed by atoms with Crippen molar-refractivity contribution in [2.75, 3.05) is 12.8 Å². The normalized spacial score (nSPS) is 10.5. The molecule has 2 N–H and O–H groups in total. The second-order valence-corrected chi connectivity index (χ2v) is 4.63. The summed E-state index contributed by atoms with van der Waals surface area (Å²) in [6.45, 7) is 0.573. The summed E-state index contributed by atoms with van der Waals surface area (Å²) in [6, 6.07) is 15.3. The standard InChI is InChI=1S/C15H15N5O/c1-21-14-4-2-3-11(9-14)10-20-15(17-18-19-20)12-5-7-13(16)8-6-12/h2-9H,10,16H2,1H3. The Bertz CT molecular complexity index is 736. The van der Waals surface area contributed by atoms with Gasteiger partial charge in [0, 0.05) is 11.3 Å². The average molecular weight is 281 g/mol. The van der Waals surface area contributed by atoms with Crippen LogP contribution in [-0.2, 0) is 6.54 Å². The molecule has 0 radical (unpaired) electrons. The number of rotatable bonds is 4. The van der Waals surface area contributed by atoms with Gasteiger partial charge in [-0.25, -0.2) is 4.68 Å². The Morgan fingerprint density at radius 1 is 1.14 bits per heavy atom. The van der Waals surface area contributed by atoms with Gasteiger partial charge in [0.2, 0.25) is 0 Å². The highest BCUT2D eigenvalue weighted by Gasteiger charge is 2.09. The summed E-state index contributed by atoms with van der Waals surface area (Å²) in [6.07, 6.45) is 0. The first-order valence-electron chi connectivity index (χ1n) is 6.51. The van der Waals surface area contributed by atoms with Crippen molar-refractivity contribution in [3.63, 3.8) is 0 Å². The third-order valence-corrected chi connectivity index (χ3v) is 3.17. The van der Waals surface area contributed by atoms with Crippen LogP contribution in [0.4, 0.5) is 5.69 Å². The van der Waals surface area contributed by atoms with Crippen molar-refractivity contribution in [3.8, 4) is 17.1 Å². The fourth-order valence-electron chi connectivity index (χ4n) is 2.09. The zero-order valence-corrected chi connectivity index (χ0v) is 11.6. The largest absolute Gasteiger partial charge is 0.497 e. The van der Waals surface area contributed by atoms with Gasteiger partial charge in [-0.15, -0.1) is 5.10 Å². The summed E-state index contributed by atoms with van der Waals surface area (Å²) in [5.41, 5.74) is 8.41. The van der Waals surface area contributed by atoms with Gasteiger partial charge in [0.05, 0.1) is 13.7 Å². The molecular weight excluding hydrogens is 266 g/mol. The van der Waals surface area contributed by atoms with E-state index in [4.69, 9.17) is 10.5 Å². The molecule has 0 saturated heterocycles. The number of nitrogen functional groups attached to an aromatic ring is 1. The van der Waals surface area contributed by atoms with Gasteiger partial charge in [0.25, 0.3) is 0 Å². The molecule has 0 fully saturated rings. The first-order chi connectivity index (χ1) is 10.3. The molecule has 6 nitrogen and oxygen atoms in total. The van der Waals surface area contributed by atoms with E-state index in [9.17, 15) is 0 Å². The van der Waals surface area contributed by atoms with Gasteiger partial charge in [-0.05, 0) is 52.4 Å². The van der Waals surface area contributed by atoms with E-state index in [1.165, 1.54) is 0 Å². The lowest BCUT2D eigenvalue weighted by molar-refractivity contribution is 0.414. The van der Waals surface area contributed by atoms with Crippen molar-refractivity contribution in [2.24, 2.45) is 0 Å². The Labute approximate surface area is 122 Å². The molecule has 0 atom stereocenters. The molecule has 3 rings (SSSR count). The molecule has 0 saturated carbocycles. The Kier molecular flexibility index (Phi) is 3.51. The maximum atomic E-state index is 5.70. The van der Waals surface area contributed by atoms with Gasteiger partial charge in [-0.2, -0.15) is 0 Å². The van der Waals surface area contributed by atoms with Crippen LogP contribution in [-0.4, -0.2) is 27.3 Å². The first kappa shape index (κ1) is 13.1. The van der Waals surface area contributed by atoms with Crippen LogP contribution in [0.5, 0.6) is 5.75 Å². The second-order valence-electron chi connectivity index (χ2n) is 4.63. The maximum absolute atomic E-state index is 5.70. The van der Waals surface area contributed by atoms with Crippen LogP contribution in [0.3, 0.4) is 0 Å². The van der Waals surface area contributed by atoms with Crippen LogP contribution in [0.15, 0.2) is 48.5 Å². The third-order valence-electron chi connectivity index (χ3n) is 3.17. The number of aromatic nitrogens is 4. The highest BCUT2D eigenvalue weighted by atomic mass is 16.5. The fraction of sp³-hybridized carbons (Fsp3) is 0.133. The predicted molar refractivity (Wildman–Crippen MR) is 79.8 cm³/mol. The molecule has 6 heteroatoms. The van der Waals surface area contributed by atoms with Crippen molar-refractivity contribution >= 4 is 5.69 Å². The first-order valence-corrected chi connectivity index (χ1v) is 6.51. The quantitative estimate of drug-likeness (QED) is 0.740. The van der Waals surface area contributed by atoms with Gasteiger partial charge in [-0.1, -0.05) is 12.1 Å². The lowest BCUT2D eigenvalue weighted by atomic mass is 10.2. The lowest BCUT2D eigenvalue weighted by Gasteiger charge is -2.07. The maximum Gasteiger partial charge on any atom is 0.182 e. The molecule has 2 aromatic carbocycles. The smallest absolute Gasteiger partial charge is 0.182 e. The summed E-state index contributed by atoms with van der Waals surface area (Å²) in [4.78, 5) is 0. The number of anilines is 1. The number of benzene rings is 2. The molecule has 0 bridgehead atoms. The molecule has 0 amide bonds. The Morgan fingerprint density at radius 3 is 2.71 bits per heavy atom. The molecule has 21 heavy (non-hydrogen) atoms. The van der Waals surface area contributed by atoms with E-state index < -0.39 is 0 Å².